The van der Waals surface area contributed by atoms with E-state index in [1.807, 2.05) is 11.7 Å². The van der Waals surface area contributed by atoms with Gasteiger partial charge in [0.2, 0.25) is 0 Å². The second kappa shape index (κ2) is 6.03. The normalized spacial score (nSPS) is 11.1. The minimum absolute atomic E-state index is 0.997. The van der Waals surface area contributed by atoms with Gasteiger partial charge in [-0.2, -0.15) is 5.10 Å². The third-order valence-electron chi connectivity index (χ3n) is 2.20. The van der Waals surface area contributed by atoms with Gasteiger partial charge < -0.3 is 4.90 Å². The van der Waals surface area contributed by atoms with E-state index in [-0.39, 0.29) is 0 Å². The van der Waals surface area contributed by atoms with Gasteiger partial charge in [0.05, 0.1) is 0 Å². The SMILES string of the molecule is CCN(CC)CCSc1ncnn1C. The predicted octanol–water partition coefficient (Wildman–Crippen LogP) is 1.25. The molecule has 0 aliphatic heterocycles. The minimum atomic E-state index is 0.997. The number of hydrogen-bond acceptors (Lipinski definition) is 4. The lowest BCUT2D eigenvalue weighted by Crippen LogP contribution is -2.25. The molecule has 0 fully saturated rings. The Morgan fingerprint density at radius 3 is 2.64 bits per heavy atom. The average Bonchev–Trinajstić information content (AvgIpc) is 2.59. The van der Waals surface area contributed by atoms with Gasteiger partial charge in [0.15, 0.2) is 5.16 Å². The first-order valence-electron chi connectivity index (χ1n) is 4.97. The molecule has 0 aromatic carbocycles. The van der Waals surface area contributed by atoms with Crippen molar-refractivity contribution in [1.29, 1.82) is 0 Å². The number of rotatable bonds is 6. The standard InChI is InChI=1S/C9H18N4S/c1-4-13(5-2)6-7-14-9-10-8-11-12(9)3/h8H,4-7H2,1-3H3. The average molecular weight is 214 g/mol. The lowest BCUT2D eigenvalue weighted by atomic mass is 10.5. The number of thioether (sulfide) groups is 1. The van der Waals surface area contributed by atoms with E-state index in [2.05, 4.69) is 28.8 Å². The maximum atomic E-state index is 4.16. The van der Waals surface area contributed by atoms with Gasteiger partial charge in [0, 0.05) is 19.3 Å². The molecule has 0 saturated heterocycles. The van der Waals surface area contributed by atoms with Crippen LogP contribution in [0.2, 0.25) is 0 Å². The predicted molar refractivity (Wildman–Crippen MR) is 59.5 cm³/mol. The van der Waals surface area contributed by atoms with Crippen LogP contribution < -0.4 is 0 Å². The summed E-state index contributed by atoms with van der Waals surface area (Å²) in [5, 5.41) is 5.02. The summed E-state index contributed by atoms with van der Waals surface area (Å²) in [6, 6.07) is 0. The van der Waals surface area contributed by atoms with Crippen LogP contribution in [0.3, 0.4) is 0 Å². The Kier molecular flexibility index (Phi) is 4.97. The van der Waals surface area contributed by atoms with Crippen LogP contribution in [-0.4, -0.2) is 45.1 Å². The van der Waals surface area contributed by atoms with Crippen molar-refractivity contribution in [2.24, 2.45) is 7.05 Å². The topological polar surface area (TPSA) is 34.0 Å². The fraction of sp³-hybridized carbons (Fsp3) is 0.778. The van der Waals surface area contributed by atoms with Crippen LogP contribution in [0.15, 0.2) is 11.5 Å². The Morgan fingerprint density at radius 1 is 1.43 bits per heavy atom. The second-order valence-electron chi connectivity index (χ2n) is 3.04. The van der Waals surface area contributed by atoms with E-state index in [1.54, 1.807) is 18.1 Å². The van der Waals surface area contributed by atoms with Gasteiger partial charge in [0.1, 0.15) is 6.33 Å². The van der Waals surface area contributed by atoms with Gasteiger partial charge in [0.25, 0.3) is 0 Å². The summed E-state index contributed by atoms with van der Waals surface area (Å²) in [5.74, 6) is 1.08. The van der Waals surface area contributed by atoms with Crippen LogP contribution in [0.4, 0.5) is 0 Å². The van der Waals surface area contributed by atoms with Crippen molar-refractivity contribution in [3.63, 3.8) is 0 Å². The van der Waals surface area contributed by atoms with Gasteiger partial charge in [-0.05, 0) is 13.1 Å². The highest BCUT2D eigenvalue weighted by Crippen LogP contribution is 2.12. The molecule has 1 heterocycles. The molecule has 0 saturated carbocycles. The molecule has 1 aromatic heterocycles. The fourth-order valence-electron chi connectivity index (χ4n) is 1.22. The van der Waals surface area contributed by atoms with Crippen molar-refractivity contribution in [2.45, 2.75) is 19.0 Å². The lowest BCUT2D eigenvalue weighted by Gasteiger charge is -2.16. The zero-order valence-corrected chi connectivity index (χ0v) is 9.92. The van der Waals surface area contributed by atoms with Crippen LogP contribution in [0.25, 0.3) is 0 Å². The molecule has 0 N–H and O–H groups in total. The number of aromatic nitrogens is 3. The molecule has 14 heavy (non-hydrogen) atoms. The number of nitrogens with zero attached hydrogens (tertiary/aromatic N) is 4. The molecule has 80 valence electrons. The van der Waals surface area contributed by atoms with Crippen molar-refractivity contribution < 1.29 is 0 Å². The highest BCUT2D eigenvalue weighted by Gasteiger charge is 2.02. The Balaban J connectivity index is 2.24. The third kappa shape index (κ3) is 3.31. The molecule has 0 atom stereocenters. The van der Waals surface area contributed by atoms with E-state index in [0.29, 0.717) is 0 Å². The molecule has 0 spiro atoms. The quantitative estimate of drug-likeness (QED) is 0.667. The summed E-state index contributed by atoms with van der Waals surface area (Å²) in [6.07, 6.45) is 1.60. The monoisotopic (exact) mass is 214 g/mol. The van der Waals surface area contributed by atoms with Crippen molar-refractivity contribution in [1.82, 2.24) is 19.7 Å². The van der Waals surface area contributed by atoms with E-state index in [0.717, 1.165) is 30.5 Å². The molecule has 1 rings (SSSR count). The van der Waals surface area contributed by atoms with Gasteiger partial charge in [-0.3, -0.25) is 0 Å². The summed E-state index contributed by atoms with van der Waals surface area (Å²) in [6.45, 7) is 7.74. The summed E-state index contributed by atoms with van der Waals surface area (Å²) >= 11 is 1.76. The van der Waals surface area contributed by atoms with Crippen molar-refractivity contribution in [3.05, 3.63) is 6.33 Å². The zero-order chi connectivity index (χ0) is 10.4. The molecule has 0 amide bonds. The summed E-state index contributed by atoms with van der Waals surface area (Å²) in [4.78, 5) is 6.57. The van der Waals surface area contributed by atoms with Gasteiger partial charge in [-0.1, -0.05) is 25.6 Å². The molecule has 0 bridgehead atoms. The second-order valence-corrected chi connectivity index (χ2v) is 4.10. The van der Waals surface area contributed by atoms with E-state index in [1.165, 1.54) is 0 Å². The summed E-state index contributed by atoms with van der Waals surface area (Å²) in [5.41, 5.74) is 0. The molecule has 0 aliphatic rings. The van der Waals surface area contributed by atoms with Gasteiger partial charge in [-0.15, -0.1) is 0 Å². The Bertz CT molecular complexity index is 257. The first kappa shape index (κ1) is 11.5. The minimum Gasteiger partial charge on any atom is -0.303 e. The van der Waals surface area contributed by atoms with Crippen LogP contribution in [-0.2, 0) is 7.05 Å². The Labute approximate surface area is 89.7 Å². The molecule has 1 aromatic rings. The van der Waals surface area contributed by atoms with Gasteiger partial charge >= 0.3 is 0 Å². The Hall–Kier alpha value is -0.550. The van der Waals surface area contributed by atoms with E-state index in [9.17, 15) is 0 Å². The fourth-order valence-corrected chi connectivity index (χ4v) is 2.11. The maximum absolute atomic E-state index is 4.16. The van der Waals surface area contributed by atoms with Crippen LogP contribution in [0.1, 0.15) is 13.8 Å². The molecule has 0 unspecified atom stereocenters. The molecular formula is C9H18N4S. The smallest absolute Gasteiger partial charge is 0.185 e. The molecule has 5 heteroatoms. The molecule has 0 radical (unpaired) electrons. The van der Waals surface area contributed by atoms with E-state index < -0.39 is 0 Å². The van der Waals surface area contributed by atoms with Crippen LogP contribution in [0.5, 0.6) is 0 Å². The number of aryl methyl sites for hydroxylation is 1. The molecular weight excluding hydrogens is 196 g/mol. The van der Waals surface area contributed by atoms with Crippen molar-refractivity contribution in [2.75, 3.05) is 25.4 Å². The third-order valence-corrected chi connectivity index (χ3v) is 3.22. The van der Waals surface area contributed by atoms with E-state index in [4.69, 9.17) is 0 Å². The summed E-state index contributed by atoms with van der Waals surface area (Å²) in [7, 11) is 1.92. The first-order chi connectivity index (χ1) is 6.77. The van der Waals surface area contributed by atoms with Crippen LogP contribution >= 0.6 is 11.8 Å². The first-order valence-corrected chi connectivity index (χ1v) is 5.95. The molecule has 0 aliphatic carbocycles. The lowest BCUT2D eigenvalue weighted by molar-refractivity contribution is 0.324. The highest BCUT2D eigenvalue weighted by molar-refractivity contribution is 7.99. The van der Waals surface area contributed by atoms with Crippen molar-refractivity contribution in [3.8, 4) is 0 Å². The highest BCUT2D eigenvalue weighted by atomic mass is 32.2. The Morgan fingerprint density at radius 2 is 2.14 bits per heavy atom. The summed E-state index contributed by atoms with van der Waals surface area (Å²) < 4.78 is 1.81. The zero-order valence-electron chi connectivity index (χ0n) is 9.10. The number of hydrogen-bond donors (Lipinski definition) is 0. The molecule has 4 nitrogen and oxygen atoms in total. The van der Waals surface area contributed by atoms with E-state index >= 15 is 0 Å². The van der Waals surface area contributed by atoms with Gasteiger partial charge in [-0.25, -0.2) is 9.67 Å². The largest absolute Gasteiger partial charge is 0.303 e. The van der Waals surface area contributed by atoms with Crippen LogP contribution in [0, 0.1) is 0 Å². The van der Waals surface area contributed by atoms with Crippen molar-refractivity contribution >= 4 is 11.8 Å². The maximum Gasteiger partial charge on any atom is 0.185 e.